The molecule has 0 fully saturated rings. The van der Waals surface area contributed by atoms with Crippen molar-refractivity contribution >= 4 is 17.5 Å². The van der Waals surface area contributed by atoms with Gasteiger partial charge in [0, 0.05) is 30.5 Å². The number of halogens is 2. The SMILES string of the molecule is Cc1cc(C(=O)Nc2ccc(C(=O)NCCCO)cc2)c(F)cc1F. The molecule has 0 heterocycles. The third kappa shape index (κ3) is 4.84. The zero-order valence-corrected chi connectivity index (χ0v) is 13.6. The van der Waals surface area contributed by atoms with Crippen molar-refractivity contribution < 1.29 is 23.5 Å². The first-order chi connectivity index (χ1) is 11.9. The number of aryl methyl sites for hydroxylation is 1. The number of benzene rings is 2. The first-order valence-corrected chi connectivity index (χ1v) is 7.68. The van der Waals surface area contributed by atoms with Crippen LogP contribution in [0, 0.1) is 18.6 Å². The number of hydrogen-bond acceptors (Lipinski definition) is 3. The predicted octanol–water partition coefficient (Wildman–Crippen LogP) is 2.64. The van der Waals surface area contributed by atoms with E-state index < -0.39 is 17.5 Å². The van der Waals surface area contributed by atoms with Gasteiger partial charge in [0.2, 0.25) is 0 Å². The van der Waals surface area contributed by atoms with Crippen LogP contribution in [0.1, 0.15) is 32.7 Å². The van der Waals surface area contributed by atoms with E-state index in [0.29, 0.717) is 30.3 Å². The van der Waals surface area contributed by atoms with Gasteiger partial charge in [0.15, 0.2) is 0 Å². The van der Waals surface area contributed by atoms with E-state index in [0.717, 1.165) is 6.07 Å². The first kappa shape index (κ1) is 18.5. The van der Waals surface area contributed by atoms with E-state index in [1.807, 2.05) is 0 Å². The molecule has 0 saturated heterocycles. The van der Waals surface area contributed by atoms with Crippen molar-refractivity contribution in [2.45, 2.75) is 13.3 Å². The Hall–Kier alpha value is -2.80. The van der Waals surface area contributed by atoms with Crippen LogP contribution in [0.3, 0.4) is 0 Å². The highest BCUT2D eigenvalue weighted by Gasteiger charge is 2.15. The average Bonchev–Trinajstić information content (AvgIpc) is 2.58. The molecule has 0 radical (unpaired) electrons. The highest BCUT2D eigenvalue weighted by molar-refractivity contribution is 6.05. The zero-order chi connectivity index (χ0) is 18.4. The number of hydrogen-bond donors (Lipinski definition) is 3. The minimum Gasteiger partial charge on any atom is -0.396 e. The van der Waals surface area contributed by atoms with Crippen LogP contribution >= 0.6 is 0 Å². The lowest BCUT2D eigenvalue weighted by atomic mass is 10.1. The van der Waals surface area contributed by atoms with Gasteiger partial charge < -0.3 is 15.7 Å². The van der Waals surface area contributed by atoms with Gasteiger partial charge in [0.1, 0.15) is 11.6 Å². The number of carbonyl (C=O) groups is 2. The topological polar surface area (TPSA) is 78.4 Å². The molecular formula is C18H18F2N2O3. The fourth-order valence-corrected chi connectivity index (χ4v) is 2.12. The third-order valence-corrected chi connectivity index (χ3v) is 3.52. The van der Waals surface area contributed by atoms with Crippen molar-refractivity contribution in [1.29, 1.82) is 0 Å². The van der Waals surface area contributed by atoms with Crippen LogP contribution in [-0.4, -0.2) is 30.1 Å². The van der Waals surface area contributed by atoms with Gasteiger partial charge in [-0.2, -0.15) is 0 Å². The molecule has 0 aliphatic rings. The van der Waals surface area contributed by atoms with Crippen molar-refractivity contribution in [3.8, 4) is 0 Å². The molecule has 7 heteroatoms. The molecule has 0 saturated carbocycles. The number of aliphatic hydroxyl groups excluding tert-OH is 1. The van der Waals surface area contributed by atoms with Crippen LogP contribution in [0.2, 0.25) is 0 Å². The third-order valence-electron chi connectivity index (χ3n) is 3.52. The van der Waals surface area contributed by atoms with Gasteiger partial charge in [0.25, 0.3) is 11.8 Å². The average molecular weight is 348 g/mol. The molecule has 2 aromatic rings. The number of nitrogens with one attached hydrogen (secondary N) is 2. The van der Waals surface area contributed by atoms with E-state index in [2.05, 4.69) is 10.6 Å². The Morgan fingerprint density at radius 2 is 1.72 bits per heavy atom. The maximum absolute atomic E-state index is 13.7. The van der Waals surface area contributed by atoms with Crippen LogP contribution in [0.5, 0.6) is 0 Å². The maximum atomic E-state index is 13.7. The van der Waals surface area contributed by atoms with Crippen molar-refractivity contribution in [2.24, 2.45) is 0 Å². The standard InChI is InChI=1S/C18H18F2N2O3/c1-11-9-14(16(20)10-15(11)19)18(25)22-13-5-3-12(4-6-13)17(24)21-7-2-8-23/h3-6,9-10,23H,2,7-8H2,1H3,(H,21,24)(H,22,25). The molecule has 0 atom stereocenters. The monoisotopic (exact) mass is 348 g/mol. The molecule has 0 aliphatic heterocycles. The fourth-order valence-electron chi connectivity index (χ4n) is 2.12. The summed E-state index contributed by atoms with van der Waals surface area (Å²) in [6.07, 6.45) is 0.461. The van der Waals surface area contributed by atoms with Crippen molar-refractivity contribution in [2.75, 3.05) is 18.5 Å². The Bertz CT molecular complexity index is 777. The Kier molecular flexibility index (Phi) is 6.19. The minimum absolute atomic E-state index is 0.00926. The highest BCUT2D eigenvalue weighted by Crippen LogP contribution is 2.17. The summed E-state index contributed by atoms with van der Waals surface area (Å²) in [6.45, 7) is 1.79. The maximum Gasteiger partial charge on any atom is 0.258 e. The normalized spacial score (nSPS) is 10.4. The van der Waals surface area contributed by atoms with E-state index in [1.54, 1.807) is 0 Å². The van der Waals surface area contributed by atoms with Crippen molar-refractivity contribution in [3.63, 3.8) is 0 Å². The lowest BCUT2D eigenvalue weighted by molar-refractivity contribution is 0.0950. The van der Waals surface area contributed by atoms with Crippen molar-refractivity contribution in [1.82, 2.24) is 5.32 Å². The molecule has 0 bridgehead atoms. The minimum atomic E-state index is -0.944. The summed E-state index contributed by atoms with van der Waals surface area (Å²) in [7, 11) is 0. The molecule has 0 aliphatic carbocycles. The van der Waals surface area contributed by atoms with Crippen LogP contribution in [0.4, 0.5) is 14.5 Å². The van der Waals surface area contributed by atoms with E-state index in [1.165, 1.54) is 31.2 Å². The van der Waals surface area contributed by atoms with E-state index in [4.69, 9.17) is 5.11 Å². The van der Waals surface area contributed by atoms with Crippen LogP contribution in [0.15, 0.2) is 36.4 Å². The highest BCUT2D eigenvalue weighted by atomic mass is 19.1. The molecule has 132 valence electrons. The van der Waals surface area contributed by atoms with Crippen LogP contribution < -0.4 is 10.6 Å². The first-order valence-electron chi connectivity index (χ1n) is 7.68. The molecule has 5 nitrogen and oxygen atoms in total. The summed E-state index contributed by atoms with van der Waals surface area (Å²) in [5.74, 6) is -2.67. The summed E-state index contributed by atoms with van der Waals surface area (Å²) in [4.78, 5) is 23.9. The second-order valence-electron chi connectivity index (χ2n) is 5.45. The lowest BCUT2D eigenvalue weighted by Gasteiger charge is -2.09. The largest absolute Gasteiger partial charge is 0.396 e. The van der Waals surface area contributed by atoms with Crippen LogP contribution in [-0.2, 0) is 0 Å². The van der Waals surface area contributed by atoms with Crippen LogP contribution in [0.25, 0.3) is 0 Å². The Balaban J connectivity index is 2.05. The summed E-state index contributed by atoms with van der Waals surface area (Å²) >= 11 is 0. The number of amides is 2. The second kappa shape index (κ2) is 8.34. The predicted molar refractivity (Wildman–Crippen MR) is 89.5 cm³/mol. The molecule has 0 unspecified atom stereocenters. The lowest BCUT2D eigenvalue weighted by Crippen LogP contribution is -2.25. The summed E-state index contributed by atoms with van der Waals surface area (Å²) in [6, 6.07) is 7.85. The Labute approximate surface area is 143 Å². The number of carbonyl (C=O) groups excluding carboxylic acids is 2. The second-order valence-corrected chi connectivity index (χ2v) is 5.45. The van der Waals surface area contributed by atoms with Gasteiger partial charge in [-0.05, 0) is 49.2 Å². The Morgan fingerprint density at radius 3 is 2.36 bits per heavy atom. The van der Waals surface area contributed by atoms with Gasteiger partial charge >= 0.3 is 0 Å². The number of aliphatic hydroxyl groups is 1. The molecule has 2 amide bonds. The Morgan fingerprint density at radius 1 is 1.04 bits per heavy atom. The summed E-state index contributed by atoms with van der Waals surface area (Å²) in [5.41, 5.74) is 0.671. The molecule has 2 aromatic carbocycles. The van der Waals surface area contributed by atoms with E-state index in [9.17, 15) is 18.4 Å². The summed E-state index contributed by atoms with van der Waals surface area (Å²) in [5, 5.41) is 13.8. The van der Waals surface area contributed by atoms with Gasteiger partial charge in [0.05, 0.1) is 5.56 Å². The zero-order valence-electron chi connectivity index (χ0n) is 13.6. The van der Waals surface area contributed by atoms with Gasteiger partial charge in [-0.3, -0.25) is 9.59 Å². The smallest absolute Gasteiger partial charge is 0.258 e. The van der Waals surface area contributed by atoms with Gasteiger partial charge in [-0.1, -0.05) is 0 Å². The molecule has 0 spiro atoms. The quantitative estimate of drug-likeness (QED) is 0.702. The molecular weight excluding hydrogens is 330 g/mol. The van der Waals surface area contributed by atoms with Gasteiger partial charge in [-0.25, -0.2) is 8.78 Å². The van der Waals surface area contributed by atoms with Crippen molar-refractivity contribution in [3.05, 3.63) is 64.7 Å². The molecule has 25 heavy (non-hydrogen) atoms. The van der Waals surface area contributed by atoms with Gasteiger partial charge in [-0.15, -0.1) is 0 Å². The van der Waals surface area contributed by atoms with E-state index in [-0.39, 0.29) is 23.6 Å². The molecule has 0 aromatic heterocycles. The number of rotatable bonds is 6. The molecule has 2 rings (SSSR count). The fraction of sp³-hybridized carbons (Fsp3) is 0.222. The molecule has 3 N–H and O–H groups in total. The van der Waals surface area contributed by atoms with E-state index >= 15 is 0 Å². The summed E-state index contributed by atoms with van der Waals surface area (Å²) < 4.78 is 27.0. The number of anilines is 1.